The van der Waals surface area contributed by atoms with Gasteiger partial charge in [-0.25, -0.2) is 0 Å². The zero-order valence-electron chi connectivity index (χ0n) is 4.83. The summed E-state index contributed by atoms with van der Waals surface area (Å²) in [6.07, 6.45) is 0. The second-order valence-corrected chi connectivity index (χ2v) is 0. The number of hydrogen-bond acceptors (Lipinski definition) is 0. The van der Waals surface area contributed by atoms with Crippen molar-refractivity contribution in [1.29, 1.82) is 0 Å². The van der Waals surface area contributed by atoms with Crippen LogP contribution in [0.3, 0.4) is 0 Å². The van der Waals surface area contributed by atoms with Crippen molar-refractivity contribution in [1.82, 2.24) is 0 Å². The predicted molar refractivity (Wildman–Crippen MR) is 41.3 cm³/mol. The van der Waals surface area contributed by atoms with E-state index in [4.69, 9.17) is 0 Å². The van der Waals surface area contributed by atoms with Crippen LogP contribution in [0, 0.1) is 0 Å². The van der Waals surface area contributed by atoms with Crippen molar-refractivity contribution < 1.29 is 2.85 Å². The van der Waals surface area contributed by atoms with E-state index >= 15 is 0 Å². The minimum atomic E-state index is 0. The van der Waals surface area contributed by atoms with Crippen LogP contribution < -0.4 is 0 Å². The standard InChI is InChI=1S/Mg.3H3P.2H/h;3*1H3;;/q+2;;;;2*-1. The summed E-state index contributed by atoms with van der Waals surface area (Å²) in [7, 11) is 0. The Balaban J connectivity index is 0. The maximum Gasteiger partial charge on any atom is 2.00 e. The predicted octanol–water partition coefficient (Wildman–Crippen LogP) is 0.0185. The molecule has 0 spiro atoms. The Labute approximate surface area is 55.9 Å². The molecule has 0 rings (SSSR count). The Hall–Kier alpha value is 2.06. The zero-order valence-corrected chi connectivity index (χ0v) is 8.49. The fourth-order valence-corrected chi connectivity index (χ4v) is 0. The number of hydrogen-bond donors (Lipinski definition) is 0. The maximum atomic E-state index is 0. The van der Waals surface area contributed by atoms with Crippen molar-refractivity contribution in [2.24, 2.45) is 0 Å². The average molecular weight is 128 g/mol. The molecule has 0 bridgehead atoms. The molecular formula is H11MgP3. The van der Waals surface area contributed by atoms with Crippen LogP contribution in [0.1, 0.15) is 2.85 Å². The van der Waals surface area contributed by atoms with Crippen molar-refractivity contribution >= 4 is 52.7 Å². The third-order valence-electron chi connectivity index (χ3n) is 0. The molecule has 0 aliphatic heterocycles. The molecule has 0 amide bonds. The summed E-state index contributed by atoms with van der Waals surface area (Å²) < 4.78 is 0. The SMILES string of the molecule is P.P.P.[H-].[H-].[Mg+2]. The van der Waals surface area contributed by atoms with Gasteiger partial charge in [-0.1, -0.05) is 0 Å². The van der Waals surface area contributed by atoms with Crippen LogP contribution in [0.5, 0.6) is 0 Å². The Morgan fingerprint density at radius 1 is 0.750 bits per heavy atom. The van der Waals surface area contributed by atoms with Gasteiger partial charge in [-0.15, -0.1) is 0 Å². The fourth-order valence-electron chi connectivity index (χ4n) is 0. The van der Waals surface area contributed by atoms with E-state index in [9.17, 15) is 0 Å². The summed E-state index contributed by atoms with van der Waals surface area (Å²) in [5.74, 6) is 0. The molecule has 0 N–H and O–H groups in total. The molecule has 0 nitrogen and oxygen atoms in total. The molecule has 0 saturated carbocycles. The van der Waals surface area contributed by atoms with E-state index in [1.54, 1.807) is 0 Å². The minimum absolute atomic E-state index is 0. The first kappa shape index (κ1) is 36.6. The molecule has 0 aromatic carbocycles. The molecule has 0 saturated heterocycles. The molecule has 4 heavy (non-hydrogen) atoms. The van der Waals surface area contributed by atoms with Crippen LogP contribution in [0.4, 0.5) is 0 Å². The summed E-state index contributed by atoms with van der Waals surface area (Å²) in [5, 5.41) is 0. The van der Waals surface area contributed by atoms with Crippen LogP contribution in [-0.4, -0.2) is 23.1 Å². The maximum absolute atomic E-state index is 0. The van der Waals surface area contributed by atoms with Crippen molar-refractivity contribution in [2.75, 3.05) is 0 Å². The molecule has 3 atom stereocenters. The summed E-state index contributed by atoms with van der Waals surface area (Å²) >= 11 is 0. The van der Waals surface area contributed by atoms with Crippen molar-refractivity contribution in [2.45, 2.75) is 0 Å². The van der Waals surface area contributed by atoms with Gasteiger partial charge >= 0.3 is 23.1 Å². The summed E-state index contributed by atoms with van der Waals surface area (Å²) in [4.78, 5) is 0. The van der Waals surface area contributed by atoms with Gasteiger partial charge in [0.05, 0.1) is 0 Å². The Kier molecular flexibility index (Phi) is 180. The van der Waals surface area contributed by atoms with Crippen LogP contribution in [0.15, 0.2) is 0 Å². The second kappa shape index (κ2) is 19.7. The van der Waals surface area contributed by atoms with Gasteiger partial charge in [-0.3, -0.25) is 0 Å². The van der Waals surface area contributed by atoms with Gasteiger partial charge in [-0.2, -0.15) is 29.7 Å². The molecule has 0 aliphatic rings. The number of rotatable bonds is 0. The normalized spacial score (nSPS) is 0. The third kappa shape index (κ3) is 8.96. The molecule has 28 valence electrons. The van der Waals surface area contributed by atoms with Crippen LogP contribution in [0.2, 0.25) is 0 Å². The smallest absolute Gasteiger partial charge is 1.00 e. The van der Waals surface area contributed by atoms with E-state index in [1.165, 1.54) is 0 Å². The first-order valence-corrected chi connectivity index (χ1v) is 0. The minimum Gasteiger partial charge on any atom is -1.00 e. The summed E-state index contributed by atoms with van der Waals surface area (Å²) in [6, 6.07) is 0. The Morgan fingerprint density at radius 2 is 0.750 bits per heavy atom. The summed E-state index contributed by atoms with van der Waals surface area (Å²) in [6.45, 7) is 0. The van der Waals surface area contributed by atoms with Gasteiger partial charge in [0.2, 0.25) is 0 Å². The molecular weight excluding hydrogens is 117 g/mol. The third-order valence-corrected chi connectivity index (χ3v) is 0. The van der Waals surface area contributed by atoms with E-state index in [1.807, 2.05) is 0 Å². The molecule has 0 aromatic rings. The van der Waals surface area contributed by atoms with Crippen molar-refractivity contribution in [3.63, 3.8) is 0 Å². The van der Waals surface area contributed by atoms with Gasteiger partial charge < -0.3 is 2.85 Å². The van der Waals surface area contributed by atoms with Crippen LogP contribution in [-0.2, 0) is 0 Å². The van der Waals surface area contributed by atoms with E-state index in [2.05, 4.69) is 0 Å². The van der Waals surface area contributed by atoms with Crippen LogP contribution >= 0.6 is 29.7 Å². The zero-order chi connectivity index (χ0) is 0. The molecule has 0 aliphatic carbocycles. The van der Waals surface area contributed by atoms with E-state index in [0.717, 1.165) is 0 Å². The molecule has 0 heterocycles. The second-order valence-electron chi connectivity index (χ2n) is 0. The topological polar surface area (TPSA) is 0 Å². The average Bonchev–Trinajstić information content (AvgIpc) is 0. The van der Waals surface area contributed by atoms with Crippen LogP contribution in [0.25, 0.3) is 0 Å². The van der Waals surface area contributed by atoms with Gasteiger partial charge in [-0.05, 0) is 0 Å². The van der Waals surface area contributed by atoms with E-state index < -0.39 is 0 Å². The molecule has 0 aromatic heterocycles. The first-order chi connectivity index (χ1) is 0. The quantitative estimate of drug-likeness (QED) is 0.319. The first-order valence-electron chi connectivity index (χ1n) is 0. The van der Waals surface area contributed by atoms with E-state index in [0.29, 0.717) is 0 Å². The molecule has 0 fully saturated rings. The van der Waals surface area contributed by atoms with Gasteiger partial charge in [0.1, 0.15) is 0 Å². The Morgan fingerprint density at radius 3 is 0.750 bits per heavy atom. The van der Waals surface area contributed by atoms with Crippen molar-refractivity contribution in [3.8, 4) is 0 Å². The Bertz CT molecular complexity index is 8.75. The molecule has 3 unspecified atom stereocenters. The molecule has 0 radical (unpaired) electrons. The largest absolute Gasteiger partial charge is 2.00 e. The summed E-state index contributed by atoms with van der Waals surface area (Å²) in [5.41, 5.74) is 0. The van der Waals surface area contributed by atoms with Gasteiger partial charge in [0.25, 0.3) is 0 Å². The van der Waals surface area contributed by atoms with E-state index in [-0.39, 0.29) is 55.6 Å². The van der Waals surface area contributed by atoms with Gasteiger partial charge in [0.15, 0.2) is 0 Å². The molecule has 4 heteroatoms. The fraction of sp³-hybridized carbons (Fsp3) is 0. The van der Waals surface area contributed by atoms with Gasteiger partial charge in [0, 0.05) is 0 Å². The van der Waals surface area contributed by atoms with Crippen molar-refractivity contribution in [3.05, 3.63) is 0 Å². The monoisotopic (exact) mass is 128 g/mol.